The molecule has 0 saturated carbocycles. The number of hydrogen-bond donors (Lipinski definition) is 2. The maximum atomic E-state index is 12.6. The van der Waals surface area contributed by atoms with Gasteiger partial charge in [-0.3, -0.25) is 10.1 Å². The van der Waals surface area contributed by atoms with Crippen molar-refractivity contribution in [2.24, 2.45) is 0 Å². The van der Waals surface area contributed by atoms with Gasteiger partial charge in [-0.2, -0.15) is 0 Å². The molecule has 0 fully saturated rings. The third-order valence-electron chi connectivity index (χ3n) is 5.13. The van der Waals surface area contributed by atoms with Gasteiger partial charge in [0.05, 0.1) is 4.92 Å². The van der Waals surface area contributed by atoms with Gasteiger partial charge < -0.3 is 10.6 Å². The van der Waals surface area contributed by atoms with Crippen molar-refractivity contribution in [3.8, 4) is 0 Å². The number of nitrogens with one attached hydrogen (secondary N) is 2. The van der Waals surface area contributed by atoms with Crippen LogP contribution in [0.5, 0.6) is 0 Å². The predicted octanol–water partition coefficient (Wildman–Crippen LogP) is 5.43. The minimum absolute atomic E-state index is 0.0330. The van der Waals surface area contributed by atoms with Gasteiger partial charge in [-0.1, -0.05) is 67.2 Å². The van der Waals surface area contributed by atoms with Gasteiger partial charge in [0.1, 0.15) is 0 Å². The highest BCUT2D eigenvalue weighted by Gasteiger charge is 2.33. The molecule has 31 heavy (non-hydrogen) atoms. The van der Waals surface area contributed by atoms with E-state index in [0.29, 0.717) is 18.7 Å². The van der Waals surface area contributed by atoms with E-state index >= 15 is 0 Å². The van der Waals surface area contributed by atoms with E-state index in [4.69, 9.17) is 0 Å². The van der Waals surface area contributed by atoms with Crippen LogP contribution in [0.2, 0.25) is 0 Å². The van der Waals surface area contributed by atoms with E-state index in [0.717, 1.165) is 11.1 Å². The number of benzene rings is 3. The lowest BCUT2D eigenvalue weighted by molar-refractivity contribution is -0.384. The molecule has 0 aliphatic carbocycles. The van der Waals surface area contributed by atoms with Crippen LogP contribution in [0.1, 0.15) is 17.5 Å². The van der Waals surface area contributed by atoms with Crippen molar-refractivity contribution in [3.63, 3.8) is 0 Å². The van der Waals surface area contributed by atoms with Crippen LogP contribution >= 0.6 is 0 Å². The molecule has 0 bridgehead atoms. The van der Waals surface area contributed by atoms with Crippen LogP contribution in [0.3, 0.4) is 0 Å². The zero-order valence-electron chi connectivity index (χ0n) is 17.0. The maximum Gasteiger partial charge on any atom is 0.319 e. The number of anilines is 1. The number of carbonyl (C=O) groups is 1. The van der Waals surface area contributed by atoms with Gasteiger partial charge in [0.25, 0.3) is 5.69 Å². The molecule has 3 aromatic carbocycles. The molecule has 0 atom stereocenters. The summed E-state index contributed by atoms with van der Waals surface area (Å²) in [6.07, 6.45) is 2.47. The molecule has 0 radical (unpaired) electrons. The van der Waals surface area contributed by atoms with Crippen molar-refractivity contribution < 1.29 is 9.72 Å². The van der Waals surface area contributed by atoms with E-state index in [1.807, 2.05) is 66.7 Å². The molecule has 0 unspecified atom stereocenters. The number of nitro groups is 1. The van der Waals surface area contributed by atoms with E-state index in [1.165, 1.54) is 24.3 Å². The summed E-state index contributed by atoms with van der Waals surface area (Å²) < 4.78 is 0. The van der Waals surface area contributed by atoms with Crippen LogP contribution in [-0.4, -0.2) is 17.5 Å². The van der Waals surface area contributed by atoms with E-state index in [-0.39, 0.29) is 5.69 Å². The van der Waals surface area contributed by atoms with Gasteiger partial charge in [0, 0.05) is 29.8 Å². The number of non-ortho nitro benzene ring substituents is 1. The Hall–Kier alpha value is -4.15. The quantitative estimate of drug-likeness (QED) is 0.293. The molecule has 156 valence electrons. The first-order valence-electron chi connectivity index (χ1n) is 9.80. The highest BCUT2D eigenvalue weighted by atomic mass is 16.6. The van der Waals surface area contributed by atoms with Crippen molar-refractivity contribution in [1.82, 2.24) is 5.32 Å². The topological polar surface area (TPSA) is 84.3 Å². The lowest BCUT2D eigenvalue weighted by Crippen LogP contribution is -2.43. The van der Waals surface area contributed by atoms with E-state index in [2.05, 4.69) is 22.9 Å². The Morgan fingerprint density at radius 2 is 1.52 bits per heavy atom. The number of hydrogen-bond acceptors (Lipinski definition) is 3. The first kappa shape index (κ1) is 21.6. The molecule has 3 aromatic rings. The monoisotopic (exact) mass is 413 g/mol. The summed E-state index contributed by atoms with van der Waals surface area (Å²) in [5.74, 6) is 0. The first-order chi connectivity index (χ1) is 15.0. The molecule has 0 heterocycles. The van der Waals surface area contributed by atoms with Gasteiger partial charge in [-0.05, 0) is 35.8 Å². The molecule has 6 nitrogen and oxygen atoms in total. The summed E-state index contributed by atoms with van der Waals surface area (Å²) in [6, 6.07) is 25.3. The fraction of sp³-hybridized carbons (Fsp3) is 0.120. The van der Waals surface area contributed by atoms with Crippen molar-refractivity contribution in [3.05, 3.63) is 125 Å². The average molecular weight is 413 g/mol. The van der Waals surface area contributed by atoms with Crippen molar-refractivity contribution in [2.45, 2.75) is 11.8 Å². The number of urea groups is 1. The second-order valence-corrected chi connectivity index (χ2v) is 7.04. The molecule has 0 saturated heterocycles. The summed E-state index contributed by atoms with van der Waals surface area (Å²) in [5, 5.41) is 16.5. The SMILES string of the molecule is C=C=CCC(CNC(=O)Nc1ccc([N+](=O)[O-])cc1)(c1ccccc1)c1ccccc1. The van der Waals surface area contributed by atoms with E-state index < -0.39 is 16.4 Å². The molecule has 2 amide bonds. The standard InChI is InChI=1S/C25H23N3O3/c1-2-3-18-25(20-10-6-4-7-11-20,21-12-8-5-9-13-21)19-26-24(29)27-22-14-16-23(17-15-22)28(30)31/h3-17H,1,18-19H2,(H2,26,27,29). The lowest BCUT2D eigenvalue weighted by atomic mass is 9.72. The van der Waals surface area contributed by atoms with Crippen LogP contribution in [0.15, 0.2) is 103 Å². The smallest absolute Gasteiger partial charge is 0.319 e. The molecule has 0 aliphatic heterocycles. The Kier molecular flexibility index (Phi) is 6.99. The Bertz CT molecular complexity index is 1030. The molecular formula is C25H23N3O3. The number of rotatable bonds is 8. The van der Waals surface area contributed by atoms with Crippen molar-refractivity contribution in [2.75, 3.05) is 11.9 Å². The fourth-order valence-electron chi connectivity index (χ4n) is 3.51. The van der Waals surface area contributed by atoms with Crippen LogP contribution in [0.4, 0.5) is 16.2 Å². The second-order valence-electron chi connectivity index (χ2n) is 7.04. The number of nitrogens with zero attached hydrogens (tertiary/aromatic N) is 1. The lowest BCUT2D eigenvalue weighted by Gasteiger charge is -2.34. The zero-order chi connectivity index (χ0) is 22.1. The summed E-state index contributed by atoms with van der Waals surface area (Å²) >= 11 is 0. The van der Waals surface area contributed by atoms with Gasteiger partial charge in [0.15, 0.2) is 0 Å². The Balaban J connectivity index is 1.85. The maximum absolute atomic E-state index is 12.6. The molecule has 0 aromatic heterocycles. The molecule has 6 heteroatoms. The predicted molar refractivity (Wildman–Crippen MR) is 122 cm³/mol. The average Bonchev–Trinajstić information content (AvgIpc) is 2.81. The van der Waals surface area contributed by atoms with Crippen LogP contribution in [0.25, 0.3) is 0 Å². The normalized spacial score (nSPS) is 10.6. The van der Waals surface area contributed by atoms with Crippen molar-refractivity contribution in [1.29, 1.82) is 0 Å². The summed E-state index contributed by atoms with van der Waals surface area (Å²) in [5.41, 5.74) is 4.89. The summed E-state index contributed by atoms with van der Waals surface area (Å²) in [6.45, 7) is 4.02. The summed E-state index contributed by atoms with van der Waals surface area (Å²) in [7, 11) is 0. The molecule has 0 spiro atoms. The van der Waals surface area contributed by atoms with Gasteiger partial charge in [-0.25, -0.2) is 4.79 Å². The largest absolute Gasteiger partial charge is 0.337 e. The number of carbonyl (C=O) groups excluding carboxylic acids is 1. The van der Waals surface area contributed by atoms with Crippen molar-refractivity contribution >= 4 is 17.4 Å². The third kappa shape index (κ3) is 5.26. The number of allylic oxidation sites excluding steroid dienone is 1. The Labute approximate surface area is 181 Å². The summed E-state index contributed by atoms with van der Waals surface area (Å²) in [4.78, 5) is 22.9. The Morgan fingerprint density at radius 3 is 2.00 bits per heavy atom. The molecule has 0 aliphatic rings. The number of amides is 2. The van der Waals surface area contributed by atoms with E-state index in [9.17, 15) is 14.9 Å². The Morgan fingerprint density at radius 1 is 0.968 bits per heavy atom. The molecule has 3 rings (SSSR count). The van der Waals surface area contributed by atoms with Crippen LogP contribution in [0, 0.1) is 10.1 Å². The first-order valence-corrected chi connectivity index (χ1v) is 9.80. The van der Waals surface area contributed by atoms with Gasteiger partial charge in [-0.15, -0.1) is 5.73 Å². The minimum Gasteiger partial charge on any atom is -0.337 e. The zero-order valence-corrected chi connectivity index (χ0v) is 17.0. The van der Waals surface area contributed by atoms with E-state index in [1.54, 1.807) is 0 Å². The number of nitro benzene ring substituents is 1. The highest BCUT2D eigenvalue weighted by molar-refractivity contribution is 5.89. The fourth-order valence-corrected chi connectivity index (χ4v) is 3.51. The van der Waals surface area contributed by atoms with Gasteiger partial charge in [0.2, 0.25) is 0 Å². The van der Waals surface area contributed by atoms with Gasteiger partial charge >= 0.3 is 6.03 Å². The van der Waals surface area contributed by atoms with Crippen LogP contribution in [-0.2, 0) is 5.41 Å². The minimum atomic E-state index is -0.514. The molecule has 2 N–H and O–H groups in total. The second kappa shape index (κ2) is 10.1. The third-order valence-corrected chi connectivity index (χ3v) is 5.13. The highest BCUT2D eigenvalue weighted by Crippen LogP contribution is 2.35. The van der Waals surface area contributed by atoms with Crippen LogP contribution < -0.4 is 10.6 Å². The molecular weight excluding hydrogens is 390 g/mol.